The van der Waals surface area contributed by atoms with Crippen LogP contribution in [-0.2, 0) is 0 Å². The molecule has 0 radical (unpaired) electrons. The number of thioether (sulfide) groups is 2. The van der Waals surface area contributed by atoms with E-state index < -0.39 is 0 Å². The monoisotopic (exact) mass is 454 g/mol. The second-order valence-electron chi connectivity index (χ2n) is 8.34. The number of fused-ring (bicyclic) bond motifs is 2. The van der Waals surface area contributed by atoms with Crippen LogP contribution in [0.15, 0.2) is 70.6 Å². The molecule has 0 aromatic heterocycles. The van der Waals surface area contributed by atoms with Gasteiger partial charge in [-0.05, 0) is 60.7 Å². The molecule has 4 aromatic rings. The topological polar surface area (TPSA) is 24.7 Å². The zero-order valence-electron chi connectivity index (χ0n) is 18.9. The molecule has 1 aliphatic heterocycles. The summed E-state index contributed by atoms with van der Waals surface area (Å²) in [6.07, 6.45) is 0. The highest BCUT2D eigenvalue weighted by atomic mass is 32.2. The molecule has 0 amide bonds. The summed E-state index contributed by atoms with van der Waals surface area (Å²) in [4.78, 5) is 10.4. The lowest BCUT2D eigenvalue weighted by atomic mass is 10.00. The van der Waals surface area contributed by atoms with Crippen LogP contribution in [0.4, 0.5) is 11.4 Å². The number of nitrogens with zero attached hydrogens (tertiary/aromatic N) is 2. The van der Waals surface area contributed by atoms with E-state index in [0.29, 0.717) is 0 Å². The Kier molecular flexibility index (Phi) is 5.83. The van der Waals surface area contributed by atoms with Gasteiger partial charge in [-0.1, -0.05) is 60.7 Å². The predicted octanol–water partition coefficient (Wildman–Crippen LogP) is 8.47. The van der Waals surface area contributed by atoms with E-state index in [-0.39, 0.29) is 0 Å². The first-order valence-electron chi connectivity index (χ1n) is 10.9. The molecule has 0 bridgehead atoms. The highest BCUT2D eigenvalue weighted by Gasteiger charge is 2.19. The van der Waals surface area contributed by atoms with Crippen molar-refractivity contribution in [1.82, 2.24) is 0 Å². The van der Waals surface area contributed by atoms with E-state index >= 15 is 0 Å². The van der Waals surface area contributed by atoms with Crippen molar-refractivity contribution in [3.8, 4) is 0 Å². The molecular weight excluding hydrogens is 428 g/mol. The molecule has 0 unspecified atom stereocenters. The summed E-state index contributed by atoms with van der Waals surface area (Å²) in [6, 6.07) is 21.6. The Morgan fingerprint density at radius 1 is 0.531 bits per heavy atom. The minimum absolute atomic E-state index is 1.03. The highest BCUT2D eigenvalue weighted by Crippen LogP contribution is 2.37. The minimum Gasteiger partial charge on any atom is -0.238 e. The molecular formula is C28H26N2S2. The average Bonchev–Trinajstić information content (AvgIpc) is 2.80. The summed E-state index contributed by atoms with van der Waals surface area (Å²) >= 11 is 3.64. The van der Waals surface area contributed by atoms with Crippen molar-refractivity contribution in [3.05, 3.63) is 82.9 Å². The van der Waals surface area contributed by atoms with Crippen LogP contribution in [0.2, 0.25) is 0 Å². The molecule has 0 saturated carbocycles. The standard InChI is InChI=1S/C28H26N2S2/c1-17-15-19(3)25(23-11-7-5-9-21(17)23)29-27-28(32-14-13-31-27)30-26-20(4)16-18(2)22-10-6-8-12-24(22)26/h5-12,15-16H,13-14H2,1-4H3. The van der Waals surface area contributed by atoms with Gasteiger partial charge in [0.2, 0.25) is 0 Å². The first-order chi connectivity index (χ1) is 15.5. The third-order valence-corrected chi connectivity index (χ3v) is 8.32. The van der Waals surface area contributed by atoms with Crippen molar-refractivity contribution >= 4 is 66.5 Å². The van der Waals surface area contributed by atoms with Crippen LogP contribution >= 0.6 is 23.5 Å². The van der Waals surface area contributed by atoms with Gasteiger partial charge in [0.15, 0.2) is 0 Å². The number of benzene rings is 4. The summed E-state index contributed by atoms with van der Waals surface area (Å²) < 4.78 is 0. The van der Waals surface area contributed by atoms with Gasteiger partial charge in [0.25, 0.3) is 0 Å². The first-order valence-corrected chi connectivity index (χ1v) is 12.9. The van der Waals surface area contributed by atoms with Gasteiger partial charge in [-0.25, -0.2) is 9.98 Å². The molecule has 1 saturated heterocycles. The molecule has 160 valence electrons. The van der Waals surface area contributed by atoms with Gasteiger partial charge in [-0.3, -0.25) is 0 Å². The fourth-order valence-corrected chi connectivity index (χ4v) is 6.55. The lowest BCUT2D eigenvalue weighted by Gasteiger charge is -2.18. The smallest absolute Gasteiger partial charge is 0.129 e. The second kappa shape index (κ2) is 8.76. The Morgan fingerprint density at radius 3 is 1.31 bits per heavy atom. The highest BCUT2D eigenvalue weighted by molar-refractivity contribution is 8.27. The van der Waals surface area contributed by atoms with Crippen molar-refractivity contribution in [1.29, 1.82) is 0 Å². The van der Waals surface area contributed by atoms with Crippen molar-refractivity contribution in [3.63, 3.8) is 0 Å². The van der Waals surface area contributed by atoms with Gasteiger partial charge in [-0.15, -0.1) is 23.5 Å². The van der Waals surface area contributed by atoms with Crippen molar-refractivity contribution in [2.45, 2.75) is 27.7 Å². The van der Waals surface area contributed by atoms with Gasteiger partial charge >= 0.3 is 0 Å². The molecule has 0 aliphatic carbocycles. The van der Waals surface area contributed by atoms with Gasteiger partial charge in [-0.2, -0.15) is 0 Å². The maximum Gasteiger partial charge on any atom is 0.129 e. The average molecular weight is 455 g/mol. The lowest BCUT2D eigenvalue weighted by molar-refractivity contribution is 1.38. The van der Waals surface area contributed by atoms with Gasteiger partial charge in [0.05, 0.1) is 11.4 Å². The predicted molar refractivity (Wildman–Crippen MR) is 146 cm³/mol. The SMILES string of the molecule is Cc1cc(C)c2ccccc2c1N=C1SCCSC1=Nc1c(C)cc(C)c2ccccc12. The Labute approximate surface area is 198 Å². The third kappa shape index (κ3) is 3.87. The zero-order valence-corrected chi connectivity index (χ0v) is 20.5. The quantitative estimate of drug-likeness (QED) is 0.303. The third-order valence-electron chi connectivity index (χ3n) is 6.00. The molecule has 0 spiro atoms. The Hall–Kier alpha value is -2.56. The Morgan fingerprint density at radius 2 is 0.906 bits per heavy atom. The second-order valence-corrected chi connectivity index (χ2v) is 10.5. The fourth-order valence-electron chi connectivity index (χ4n) is 4.49. The molecule has 1 fully saturated rings. The Bertz CT molecular complexity index is 1310. The molecule has 5 rings (SSSR count). The molecule has 32 heavy (non-hydrogen) atoms. The van der Waals surface area contributed by atoms with E-state index in [2.05, 4.69) is 88.4 Å². The maximum atomic E-state index is 5.22. The van der Waals surface area contributed by atoms with Crippen molar-refractivity contribution in [2.24, 2.45) is 9.98 Å². The number of hydrogen-bond acceptors (Lipinski definition) is 4. The van der Waals surface area contributed by atoms with E-state index in [1.165, 1.54) is 43.8 Å². The van der Waals surface area contributed by atoms with Crippen molar-refractivity contribution < 1.29 is 0 Å². The van der Waals surface area contributed by atoms with Crippen LogP contribution in [0.25, 0.3) is 21.5 Å². The van der Waals surface area contributed by atoms with Crippen LogP contribution in [0.1, 0.15) is 22.3 Å². The van der Waals surface area contributed by atoms with Gasteiger partial charge in [0.1, 0.15) is 10.1 Å². The number of rotatable bonds is 2. The molecule has 4 heteroatoms. The summed E-state index contributed by atoms with van der Waals surface area (Å²) in [5.41, 5.74) is 7.14. The van der Waals surface area contributed by atoms with Gasteiger partial charge in [0, 0.05) is 22.3 Å². The van der Waals surface area contributed by atoms with E-state index in [9.17, 15) is 0 Å². The summed E-state index contributed by atoms with van der Waals surface area (Å²) in [7, 11) is 0. The molecule has 1 heterocycles. The van der Waals surface area contributed by atoms with Crippen molar-refractivity contribution in [2.75, 3.05) is 11.5 Å². The lowest BCUT2D eigenvalue weighted by Crippen LogP contribution is -2.14. The van der Waals surface area contributed by atoms with E-state index in [4.69, 9.17) is 9.98 Å². The summed E-state index contributed by atoms with van der Waals surface area (Å²) in [5, 5.41) is 7.02. The summed E-state index contributed by atoms with van der Waals surface area (Å²) in [5.74, 6) is 2.11. The van der Waals surface area contributed by atoms with E-state index in [1.54, 1.807) is 0 Å². The molecule has 2 nitrogen and oxygen atoms in total. The van der Waals surface area contributed by atoms with Crippen LogP contribution in [-0.4, -0.2) is 21.6 Å². The molecule has 4 aromatic carbocycles. The van der Waals surface area contributed by atoms with E-state index in [1.807, 2.05) is 23.5 Å². The molecule has 0 atom stereocenters. The molecule has 1 aliphatic rings. The number of aryl methyl sites for hydroxylation is 4. The van der Waals surface area contributed by atoms with Crippen LogP contribution in [0.5, 0.6) is 0 Å². The van der Waals surface area contributed by atoms with Crippen LogP contribution in [0.3, 0.4) is 0 Å². The fraction of sp³-hybridized carbons (Fsp3) is 0.214. The first kappa shape index (κ1) is 21.3. The minimum atomic E-state index is 1.03. The van der Waals surface area contributed by atoms with Gasteiger partial charge < -0.3 is 0 Å². The maximum absolute atomic E-state index is 5.22. The number of hydrogen-bond donors (Lipinski definition) is 0. The number of aliphatic imine (C=N–C) groups is 2. The zero-order chi connectivity index (χ0) is 22.2. The van der Waals surface area contributed by atoms with Crippen LogP contribution in [0, 0.1) is 27.7 Å². The normalized spacial score (nSPS) is 17.0. The summed E-state index contributed by atoms with van der Waals surface area (Å²) in [6.45, 7) is 8.67. The molecule has 0 N–H and O–H groups in total. The Balaban J connectivity index is 1.69. The van der Waals surface area contributed by atoms with E-state index in [0.717, 1.165) is 33.0 Å². The van der Waals surface area contributed by atoms with Crippen LogP contribution < -0.4 is 0 Å². The largest absolute Gasteiger partial charge is 0.238 e.